The second kappa shape index (κ2) is 11.1. The maximum Gasteiger partial charge on any atom is 0.193 e. The summed E-state index contributed by atoms with van der Waals surface area (Å²) < 4.78 is 10.4. The number of morpholine rings is 1. The van der Waals surface area contributed by atoms with Crippen molar-refractivity contribution in [2.45, 2.75) is 19.5 Å². The summed E-state index contributed by atoms with van der Waals surface area (Å²) in [7, 11) is 1.86. The van der Waals surface area contributed by atoms with E-state index in [0.717, 1.165) is 77.2 Å². The van der Waals surface area contributed by atoms with Crippen molar-refractivity contribution in [1.29, 1.82) is 0 Å². The molecule has 0 aromatic carbocycles. The quantitative estimate of drug-likeness (QED) is 0.380. The summed E-state index contributed by atoms with van der Waals surface area (Å²) in [4.78, 5) is 11.7. The molecule has 0 bridgehead atoms. The molecule has 0 saturated carbocycles. The molecule has 2 aliphatic rings. The van der Waals surface area contributed by atoms with Crippen LogP contribution in [-0.2, 0) is 11.3 Å². The highest BCUT2D eigenvalue weighted by atomic mass is 127. The van der Waals surface area contributed by atoms with E-state index in [4.69, 9.17) is 9.26 Å². The molecule has 1 aromatic rings. The molecule has 1 N–H and O–H groups in total. The van der Waals surface area contributed by atoms with E-state index in [-0.39, 0.29) is 24.0 Å². The van der Waals surface area contributed by atoms with Gasteiger partial charge in [-0.3, -0.25) is 14.8 Å². The van der Waals surface area contributed by atoms with Gasteiger partial charge in [-0.15, -0.1) is 24.0 Å². The van der Waals surface area contributed by atoms with Gasteiger partial charge >= 0.3 is 0 Å². The summed E-state index contributed by atoms with van der Waals surface area (Å²) in [6.45, 7) is 11.7. The first-order valence-corrected chi connectivity index (χ1v) is 9.15. The van der Waals surface area contributed by atoms with Crippen molar-refractivity contribution >= 4 is 29.9 Å². The molecule has 2 fully saturated rings. The van der Waals surface area contributed by atoms with Crippen LogP contribution in [0, 0.1) is 0 Å². The van der Waals surface area contributed by atoms with E-state index in [1.807, 2.05) is 13.1 Å². The van der Waals surface area contributed by atoms with Crippen LogP contribution in [0.3, 0.4) is 0 Å². The number of guanidine groups is 1. The summed E-state index contributed by atoms with van der Waals surface area (Å²) in [5.41, 5.74) is 0.996. The fourth-order valence-electron chi connectivity index (χ4n) is 3.40. The van der Waals surface area contributed by atoms with Gasteiger partial charge in [0, 0.05) is 71.5 Å². The Bertz CT molecular complexity index is 533. The summed E-state index contributed by atoms with van der Waals surface area (Å²) in [6.07, 6.45) is 1.63. The van der Waals surface area contributed by atoms with E-state index in [1.54, 1.807) is 6.26 Å². The predicted octanol–water partition coefficient (Wildman–Crippen LogP) is 0.706. The zero-order chi connectivity index (χ0) is 17.5. The van der Waals surface area contributed by atoms with Crippen molar-refractivity contribution < 1.29 is 9.26 Å². The predicted molar refractivity (Wildman–Crippen MR) is 112 cm³/mol. The zero-order valence-corrected chi connectivity index (χ0v) is 18.1. The van der Waals surface area contributed by atoms with Gasteiger partial charge in [-0.05, 0) is 6.92 Å². The molecule has 2 saturated heterocycles. The van der Waals surface area contributed by atoms with Crippen LogP contribution in [0.1, 0.15) is 12.6 Å². The third-order valence-corrected chi connectivity index (χ3v) is 4.95. The van der Waals surface area contributed by atoms with E-state index in [2.05, 4.69) is 37.1 Å². The molecule has 2 aliphatic heterocycles. The minimum Gasteiger partial charge on any atom is -0.379 e. The molecule has 1 atom stereocenters. The van der Waals surface area contributed by atoms with Crippen molar-refractivity contribution in [3.63, 3.8) is 0 Å². The third-order valence-electron chi connectivity index (χ3n) is 4.95. The van der Waals surface area contributed by atoms with Crippen molar-refractivity contribution in [3.8, 4) is 0 Å². The molecule has 9 heteroatoms. The first kappa shape index (κ1) is 21.4. The smallest absolute Gasteiger partial charge is 0.193 e. The van der Waals surface area contributed by atoms with Gasteiger partial charge in [0.15, 0.2) is 5.96 Å². The Labute approximate surface area is 172 Å². The molecule has 26 heavy (non-hydrogen) atoms. The molecule has 0 amide bonds. The average Bonchev–Trinajstić information content (AvgIpc) is 3.14. The number of hydrogen-bond acceptors (Lipinski definition) is 6. The SMILES string of the molecule is CN=C(NCCN1CCOCC1C)N1CCN(Cc2ccon2)CC1.I. The second-order valence-corrected chi connectivity index (χ2v) is 6.69. The van der Waals surface area contributed by atoms with Gasteiger partial charge in [0.25, 0.3) is 0 Å². The number of hydrogen-bond donors (Lipinski definition) is 1. The van der Waals surface area contributed by atoms with Crippen LogP contribution >= 0.6 is 24.0 Å². The largest absolute Gasteiger partial charge is 0.379 e. The molecule has 0 radical (unpaired) electrons. The number of aromatic nitrogens is 1. The van der Waals surface area contributed by atoms with Crippen LogP contribution in [0.15, 0.2) is 21.8 Å². The van der Waals surface area contributed by atoms with Gasteiger partial charge < -0.3 is 19.5 Å². The number of nitrogens with one attached hydrogen (secondary N) is 1. The first-order valence-electron chi connectivity index (χ1n) is 9.15. The highest BCUT2D eigenvalue weighted by molar-refractivity contribution is 14.0. The number of aliphatic imine (C=N–C) groups is 1. The lowest BCUT2D eigenvalue weighted by Crippen LogP contribution is -2.53. The van der Waals surface area contributed by atoms with Crippen molar-refractivity contribution in [1.82, 2.24) is 25.2 Å². The fourth-order valence-corrected chi connectivity index (χ4v) is 3.40. The maximum absolute atomic E-state index is 5.49. The number of ether oxygens (including phenoxy) is 1. The van der Waals surface area contributed by atoms with Gasteiger partial charge in [-0.2, -0.15) is 0 Å². The molecule has 148 valence electrons. The van der Waals surface area contributed by atoms with Crippen LogP contribution in [0.5, 0.6) is 0 Å². The van der Waals surface area contributed by atoms with Crippen molar-refractivity contribution in [2.75, 3.05) is 66.1 Å². The average molecular weight is 478 g/mol. The monoisotopic (exact) mass is 478 g/mol. The second-order valence-electron chi connectivity index (χ2n) is 6.69. The Morgan fingerprint density at radius 1 is 1.31 bits per heavy atom. The number of halogens is 1. The normalized spacial score (nSPS) is 22.9. The lowest BCUT2D eigenvalue weighted by molar-refractivity contribution is 0.000802. The van der Waals surface area contributed by atoms with E-state index in [1.165, 1.54) is 0 Å². The van der Waals surface area contributed by atoms with Gasteiger partial charge in [0.2, 0.25) is 0 Å². The first-order chi connectivity index (χ1) is 12.3. The minimum atomic E-state index is 0. The fraction of sp³-hybridized carbons (Fsp3) is 0.765. The molecule has 1 unspecified atom stereocenters. The van der Waals surface area contributed by atoms with Crippen molar-refractivity contribution in [3.05, 3.63) is 18.0 Å². The number of nitrogens with zero attached hydrogens (tertiary/aromatic N) is 5. The lowest BCUT2D eigenvalue weighted by Gasteiger charge is -2.37. The van der Waals surface area contributed by atoms with Crippen LogP contribution < -0.4 is 5.32 Å². The van der Waals surface area contributed by atoms with Crippen molar-refractivity contribution in [2.24, 2.45) is 4.99 Å². The highest BCUT2D eigenvalue weighted by Crippen LogP contribution is 2.08. The molecule has 8 nitrogen and oxygen atoms in total. The Balaban J connectivity index is 0.00000243. The number of piperazine rings is 1. The minimum absolute atomic E-state index is 0. The van der Waals surface area contributed by atoms with E-state index < -0.39 is 0 Å². The molecular formula is C17H31IN6O2. The molecule has 0 spiro atoms. The summed E-state index contributed by atoms with van der Waals surface area (Å²) in [5, 5.41) is 7.51. The Morgan fingerprint density at radius 3 is 2.77 bits per heavy atom. The summed E-state index contributed by atoms with van der Waals surface area (Å²) in [6, 6.07) is 2.43. The van der Waals surface area contributed by atoms with Gasteiger partial charge in [-0.25, -0.2) is 0 Å². The van der Waals surface area contributed by atoms with E-state index >= 15 is 0 Å². The molecule has 0 aliphatic carbocycles. The van der Waals surface area contributed by atoms with Gasteiger partial charge in [0.1, 0.15) is 6.26 Å². The molecule has 3 rings (SSSR count). The molecular weight excluding hydrogens is 447 g/mol. The Morgan fingerprint density at radius 2 is 2.12 bits per heavy atom. The third kappa shape index (κ3) is 6.07. The van der Waals surface area contributed by atoms with E-state index in [9.17, 15) is 0 Å². The summed E-state index contributed by atoms with van der Waals surface area (Å²) in [5.74, 6) is 1.00. The highest BCUT2D eigenvalue weighted by Gasteiger charge is 2.21. The zero-order valence-electron chi connectivity index (χ0n) is 15.8. The Kier molecular flexibility index (Phi) is 9.09. The standard InChI is InChI=1S/C17H30N6O2.HI/c1-15-14-24-12-10-22(15)5-4-19-17(18-2)23-8-6-21(7-9-23)13-16-3-11-25-20-16;/h3,11,15H,4-10,12-14H2,1-2H3,(H,18,19);1H. The summed E-state index contributed by atoms with van der Waals surface area (Å²) >= 11 is 0. The topological polar surface area (TPSA) is 69.4 Å². The maximum atomic E-state index is 5.49. The van der Waals surface area contributed by atoms with E-state index in [0.29, 0.717) is 6.04 Å². The van der Waals surface area contributed by atoms with Crippen LogP contribution in [0.4, 0.5) is 0 Å². The lowest BCUT2D eigenvalue weighted by atomic mass is 10.2. The molecule has 1 aromatic heterocycles. The van der Waals surface area contributed by atoms with Gasteiger partial charge in [-0.1, -0.05) is 5.16 Å². The van der Waals surface area contributed by atoms with Crippen LogP contribution in [-0.4, -0.2) is 97.9 Å². The molecule has 3 heterocycles. The van der Waals surface area contributed by atoms with Gasteiger partial charge in [0.05, 0.1) is 18.9 Å². The van der Waals surface area contributed by atoms with Crippen LogP contribution in [0.25, 0.3) is 0 Å². The van der Waals surface area contributed by atoms with Crippen LogP contribution in [0.2, 0.25) is 0 Å². The number of rotatable bonds is 5. The Hall–Kier alpha value is -0.910.